The third kappa shape index (κ3) is 3.81. The molecule has 2 aromatic carbocycles. The Morgan fingerprint density at radius 3 is 2.27 bits per heavy atom. The number of rotatable bonds is 4. The molecule has 0 bridgehead atoms. The van der Waals surface area contributed by atoms with Crippen LogP contribution in [0, 0.1) is 11.8 Å². The van der Waals surface area contributed by atoms with Gasteiger partial charge in [-0.15, -0.1) is 0 Å². The second-order valence-electron chi connectivity index (χ2n) is 10.6. The normalized spacial score (nSPS) is 25.9. The summed E-state index contributed by atoms with van der Waals surface area (Å²) < 4.78 is 5.09. The van der Waals surface area contributed by atoms with Crippen LogP contribution in [0.15, 0.2) is 53.3 Å². The highest BCUT2D eigenvalue weighted by Gasteiger charge is 2.64. The maximum absolute atomic E-state index is 13.9. The van der Waals surface area contributed by atoms with Gasteiger partial charge in [0.15, 0.2) is 11.4 Å². The molecule has 0 spiro atoms. The molecular weight excluding hydrogens is 520 g/mol. The molecule has 1 amide bonds. The highest BCUT2D eigenvalue weighted by molar-refractivity contribution is 6.24. The lowest BCUT2D eigenvalue weighted by Crippen LogP contribution is -2.65. The minimum absolute atomic E-state index is 0.00199. The van der Waals surface area contributed by atoms with Crippen molar-refractivity contribution in [2.24, 2.45) is 17.6 Å². The van der Waals surface area contributed by atoms with E-state index in [4.69, 9.17) is 10.5 Å². The molecule has 0 aliphatic heterocycles. The van der Waals surface area contributed by atoms with Crippen LogP contribution in [0.4, 0.5) is 0 Å². The molecule has 5 rings (SSSR count). The number of aromatic hydroxyl groups is 1. The van der Waals surface area contributed by atoms with Gasteiger partial charge in [0.1, 0.15) is 28.6 Å². The van der Waals surface area contributed by atoms with Crippen molar-refractivity contribution in [1.29, 1.82) is 0 Å². The van der Waals surface area contributed by atoms with Crippen molar-refractivity contribution in [1.82, 2.24) is 4.90 Å². The average Bonchev–Trinajstić information content (AvgIpc) is 2.86. The molecule has 0 aromatic heterocycles. The fraction of sp³-hybridized carbons (Fsp3) is 0.310. The number of carbonyl (C=O) groups is 4. The number of ether oxygens (including phenoxy) is 1. The fourth-order valence-electron chi connectivity index (χ4n) is 6.38. The molecule has 1 fully saturated rings. The number of likely N-dealkylation sites (N-methyl/N-ethyl adjacent to an activating group) is 1. The van der Waals surface area contributed by atoms with Gasteiger partial charge < -0.3 is 30.9 Å². The fourth-order valence-corrected chi connectivity index (χ4v) is 6.38. The molecule has 4 atom stereocenters. The summed E-state index contributed by atoms with van der Waals surface area (Å²) in [4.78, 5) is 52.0. The first-order chi connectivity index (χ1) is 18.8. The second kappa shape index (κ2) is 9.32. The summed E-state index contributed by atoms with van der Waals surface area (Å²) in [5, 5.41) is 44.7. The number of ketones is 2. The first-order valence-corrected chi connectivity index (χ1v) is 12.6. The molecule has 11 heteroatoms. The number of benzene rings is 2. The van der Waals surface area contributed by atoms with E-state index in [9.17, 15) is 39.6 Å². The van der Waals surface area contributed by atoms with Gasteiger partial charge in [-0.3, -0.25) is 24.1 Å². The van der Waals surface area contributed by atoms with Gasteiger partial charge in [0.05, 0.1) is 11.6 Å². The summed E-state index contributed by atoms with van der Waals surface area (Å²) in [5.41, 5.74) is 3.44. The molecule has 6 N–H and O–H groups in total. The zero-order chi connectivity index (χ0) is 29.3. The lowest BCUT2D eigenvalue weighted by atomic mass is 9.57. The van der Waals surface area contributed by atoms with E-state index in [1.807, 2.05) is 0 Å². The largest absolute Gasteiger partial charge is 0.508 e. The van der Waals surface area contributed by atoms with E-state index < -0.39 is 64.0 Å². The molecule has 0 saturated heterocycles. The maximum Gasteiger partial charge on any atom is 0.308 e. The van der Waals surface area contributed by atoms with Crippen LogP contribution in [-0.2, 0) is 25.6 Å². The number of phenolic OH excluding ortho intramolecular Hbond substituents is 1. The minimum Gasteiger partial charge on any atom is -0.508 e. The third-order valence-electron chi connectivity index (χ3n) is 8.03. The summed E-state index contributed by atoms with van der Waals surface area (Å²) in [7, 11) is 3.09. The van der Waals surface area contributed by atoms with Gasteiger partial charge in [0.25, 0.3) is 5.91 Å². The molecule has 1 unspecified atom stereocenters. The van der Waals surface area contributed by atoms with E-state index in [2.05, 4.69) is 0 Å². The summed E-state index contributed by atoms with van der Waals surface area (Å²) >= 11 is 0. The summed E-state index contributed by atoms with van der Waals surface area (Å²) in [6.07, 6.45) is 0.149. The first-order valence-electron chi connectivity index (χ1n) is 12.6. The Labute approximate surface area is 228 Å². The molecule has 11 nitrogen and oxygen atoms in total. The van der Waals surface area contributed by atoms with Crippen LogP contribution in [0.5, 0.6) is 11.5 Å². The molecule has 0 heterocycles. The van der Waals surface area contributed by atoms with Crippen molar-refractivity contribution in [2.45, 2.75) is 31.4 Å². The van der Waals surface area contributed by atoms with E-state index in [1.54, 1.807) is 44.4 Å². The number of carbonyl (C=O) groups excluding carboxylic acids is 4. The second-order valence-corrected chi connectivity index (χ2v) is 10.6. The Bertz CT molecular complexity index is 1550. The van der Waals surface area contributed by atoms with Crippen molar-refractivity contribution in [3.05, 3.63) is 64.4 Å². The van der Waals surface area contributed by atoms with Gasteiger partial charge in [-0.05, 0) is 67.7 Å². The van der Waals surface area contributed by atoms with Crippen LogP contribution in [0.25, 0.3) is 16.9 Å². The highest BCUT2D eigenvalue weighted by atomic mass is 16.5. The van der Waals surface area contributed by atoms with Crippen LogP contribution in [-0.4, -0.2) is 74.5 Å². The number of amides is 1. The predicted molar refractivity (Wildman–Crippen MR) is 141 cm³/mol. The van der Waals surface area contributed by atoms with Gasteiger partial charge in [-0.25, -0.2) is 0 Å². The van der Waals surface area contributed by atoms with Crippen molar-refractivity contribution in [3.63, 3.8) is 0 Å². The third-order valence-corrected chi connectivity index (χ3v) is 8.03. The van der Waals surface area contributed by atoms with Gasteiger partial charge in [0, 0.05) is 18.4 Å². The summed E-state index contributed by atoms with van der Waals surface area (Å²) in [5.74, 6) is -7.14. The predicted octanol–water partition coefficient (Wildman–Crippen LogP) is 1.56. The van der Waals surface area contributed by atoms with Crippen molar-refractivity contribution in [3.8, 4) is 22.6 Å². The number of aliphatic hydroxyl groups excluding tert-OH is 2. The number of aliphatic hydroxyl groups is 3. The van der Waals surface area contributed by atoms with Crippen LogP contribution in [0.1, 0.15) is 24.5 Å². The SMILES string of the molecule is CC(=O)Oc1ccc(-c2ccc(O)c3c2C[C@H]2C[C@H]4C(N(C)C)C(=O)C(C(N)=O)=C(O)[C@@]4(O)C(=O)C2=C3O)cc1. The minimum atomic E-state index is -2.69. The number of nitrogens with zero attached hydrogens (tertiary/aromatic N) is 1. The zero-order valence-corrected chi connectivity index (χ0v) is 22.0. The topological polar surface area (TPSA) is 188 Å². The molecule has 1 saturated carbocycles. The molecular formula is C29H28N2O9. The van der Waals surface area contributed by atoms with Gasteiger partial charge in [-0.2, -0.15) is 0 Å². The number of Topliss-reactive ketones (excluding diaryl/α,β-unsaturated/α-hetero) is 2. The molecule has 0 radical (unpaired) electrons. The lowest BCUT2D eigenvalue weighted by Gasteiger charge is -2.50. The standard InChI is InChI=1S/C29H28N2O9/c1-12(32)40-15-6-4-13(5-7-15)16-8-9-19(33)21-17(16)10-14-11-18-23(31(2)3)25(35)22(28(30)38)27(37)29(18,39)26(36)20(14)24(21)34/h4-9,14,18,23,33-34,37,39H,10-11H2,1-3H3,(H2,30,38)/t14-,18-,23?,29-/m0/s1. The Hall–Kier alpha value is -4.48. The number of phenols is 1. The zero-order valence-electron chi connectivity index (χ0n) is 22.0. The van der Waals surface area contributed by atoms with Crippen molar-refractivity contribution < 1.29 is 44.3 Å². The highest BCUT2D eigenvalue weighted by Crippen LogP contribution is 2.53. The van der Waals surface area contributed by atoms with Crippen LogP contribution >= 0.6 is 0 Å². The Morgan fingerprint density at radius 2 is 1.70 bits per heavy atom. The van der Waals surface area contributed by atoms with Crippen molar-refractivity contribution in [2.75, 3.05) is 14.1 Å². The molecule has 3 aliphatic rings. The Morgan fingerprint density at radius 1 is 1.05 bits per heavy atom. The van der Waals surface area contributed by atoms with Crippen LogP contribution < -0.4 is 10.5 Å². The number of nitrogens with two attached hydrogens (primary N) is 1. The maximum atomic E-state index is 13.9. The molecule has 2 aromatic rings. The summed E-state index contributed by atoms with van der Waals surface area (Å²) in [6.45, 7) is 1.29. The molecule has 40 heavy (non-hydrogen) atoms. The molecule has 208 valence electrons. The van der Waals surface area contributed by atoms with Crippen molar-refractivity contribution >= 4 is 29.2 Å². The smallest absolute Gasteiger partial charge is 0.308 e. The van der Waals surface area contributed by atoms with E-state index in [-0.39, 0.29) is 29.7 Å². The van der Waals surface area contributed by atoms with Gasteiger partial charge >= 0.3 is 5.97 Å². The number of hydrogen-bond acceptors (Lipinski definition) is 10. The van der Waals surface area contributed by atoms with E-state index in [1.165, 1.54) is 17.9 Å². The van der Waals surface area contributed by atoms with E-state index in [0.29, 0.717) is 22.4 Å². The monoisotopic (exact) mass is 548 g/mol. The van der Waals surface area contributed by atoms with E-state index in [0.717, 1.165) is 0 Å². The molecule has 3 aliphatic carbocycles. The Balaban J connectivity index is 1.68. The quantitative estimate of drug-likeness (QED) is 0.213. The average molecular weight is 549 g/mol. The lowest BCUT2D eigenvalue weighted by molar-refractivity contribution is -0.153. The van der Waals surface area contributed by atoms with Crippen LogP contribution in [0.3, 0.4) is 0 Å². The van der Waals surface area contributed by atoms with Crippen LogP contribution in [0.2, 0.25) is 0 Å². The van der Waals surface area contributed by atoms with Gasteiger partial charge in [0.2, 0.25) is 5.78 Å². The number of fused-ring (bicyclic) bond motifs is 3. The number of hydrogen-bond donors (Lipinski definition) is 5. The summed E-state index contributed by atoms with van der Waals surface area (Å²) in [6, 6.07) is 8.49. The number of primary amides is 1. The first kappa shape index (κ1) is 27.1. The Kier molecular flexibility index (Phi) is 6.31. The number of esters is 1. The van der Waals surface area contributed by atoms with Gasteiger partial charge in [-0.1, -0.05) is 18.2 Å². The van der Waals surface area contributed by atoms with E-state index >= 15 is 0 Å².